The van der Waals surface area contributed by atoms with Gasteiger partial charge in [-0.15, -0.1) is 0 Å². The van der Waals surface area contributed by atoms with Gasteiger partial charge in [-0.25, -0.2) is 0 Å². The lowest BCUT2D eigenvalue weighted by molar-refractivity contribution is -0.125. The maximum atomic E-state index is 11.6. The number of ether oxygens (including phenoxy) is 1. The predicted molar refractivity (Wildman–Crippen MR) is 75.1 cm³/mol. The van der Waals surface area contributed by atoms with Crippen molar-refractivity contribution in [2.24, 2.45) is 5.73 Å². The van der Waals surface area contributed by atoms with Crippen LogP contribution in [0.25, 0.3) is 0 Å². The summed E-state index contributed by atoms with van der Waals surface area (Å²) in [5.41, 5.74) is 5.90. The van der Waals surface area contributed by atoms with Crippen LogP contribution in [0.3, 0.4) is 0 Å². The van der Waals surface area contributed by atoms with Gasteiger partial charge in [-0.2, -0.15) is 0 Å². The Morgan fingerprint density at radius 1 is 1.53 bits per heavy atom. The van der Waals surface area contributed by atoms with E-state index in [4.69, 9.17) is 10.5 Å². The third kappa shape index (κ3) is 3.70. The van der Waals surface area contributed by atoms with Crippen LogP contribution in [0.5, 0.6) is 5.75 Å². The largest absolute Gasteiger partial charge is 0.491 e. The van der Waals surface area contributed by atoms with Gasteiger partial charge in [0.15, 0.2) is 0 Å². The van der Waals surface area contributed by atoms with Crippen molar-refractivity contribution in [3.8, 4) is 5.75 Å². The zero-order chi connectivity index (χ0) is 13.9. The Morgan fingerprint density at radius 3 is 2.84 bits per heavy atom. The monoisotopic (exact) mass is 262 g/mol. The van der Waals surface area contributed by atoms with Crippen LogP contribution in [-0.4, -0.2) is 24.1 Å². The molecule has 1 amide bonds. The van der Waals surface area contributed by atoms with Crippen LogP contribution < -0.4 is 15.8 Å². The van der Waals surface area contributed by atoms with Gasteiger partial charge in [0.2, 0.25) is 5.91 Å². The Morgan fingerprint density at radius 2 is 2.26 bits per heavy atom. The number of hydrogen-bond donors (Lipinski definition) is 2. The van der Waals surface area contributed by atoms with Crippen LogP contribution in [0.15, 0.2) is 24.3 Å². The quantitative estimate of drug-likeness (QED) is 0.785. The molecule has 1 aromatic carbocycles. The van der Waals surface area contributed by atoms with Gasteiger partial charge in [0.1, 0.15) is 17.9 Å². The summed E-state index contributed by atoms with van der Waals surface area (Å²) in [7, 11) is 0. The van der Waals surface area contributed by atoms with Crippen molar-refractivity contribution < 1.29 is 9.53 Å². The number of hydrogen-bond acceptors (Lipinski definition) is 3. The topological polar surface area (TPSA) is 64.3 Å². The molecule has 1 aliphatic carbocycles. The summed E-state index contributed by atoms with van der Waals surface area (Å²) < 4.78 is 5.74. The maximum Gasteiger partial charge on any atom is 0.240 e. The van der Waals surface area contributed by atoms with Gasteiger partial charge in [0.05, 0.1) is 0 Å². The number of rotatable bonds is 7. The Bertz CT molecular complexity index is 457. The number of aryl methyl sites for hydroxylation is 1. The molecule has 1 atom stereocenters. The molecule has 0 spiro atoms. The summed E-state index contributed by atoms with van der Waals surface area (Å²) in [4.78, 5) is 11.6. The van der Waals surface area contributed by atoms with E-state index in [2.05, 4.69) is 18.3 Å². The predicted octanol–water partition coefficient (Wildman–Crippen LogP) is 1.62. The van der Waals surface area contributed by atoms with Crippen molar-refractivity contribution in [1.29, 1.82) is 0 Å². The highest BCUT2D eigenvalue weighted by molar-refractivity contribution is 5.84. The van der Waals surface area contributed by atoms with Crippen molar-refractivity contribution in [3.63, 3.8) is 0 Å². The Kier molecular flexibility index (Phi) is 4.10. The lowest BCUT2D eigenvalue weighted by atomic mass is 10.0. The minimum atomic E-state index is -0.802. The van der Waals surface area contributed by atoms with Crippen LogP contribution in [0.1, 0.15) is 32.3 Å². The summed E-state index contributed by atoms with van der Waals surface area (Å²) in [6.45, 7) is 4.16. The SMILES string of the molecule is CCc1cccc(OCC(C)(NC2CC2)C(N)=O)c1. The number of carbonyl (C=O) groups is 1. The first-order valence-corrected chi connectivity index (χ1v) is 6.83. The van der Waals surface area contributed by atoms with E-state index in [1.807, 2.05) is 18.2 Å². The van der Waals surface area contributed by atoms with Gasteiger partial charge in [0.25, 0.3) is 0 Å². The second-order valence-corrected chi connectivity index (χ2v) is 5.40. The Hall–Kier alpha value is -1.55. The highest BCUT2D eigenvalue weighted by Crippen LogP contribution is 2.23. The van der Waals surface area contributed by atoms with Crippen molar-refractivity contribution in [3.05, 3.63) is 29.8 Å². The van der Waals surface area contributed by atoms with Crippen LogP contribution in [0.2, 0.25) is 0 Å². The van der Waals surface area contributed by atoms with Gasteiger partial charge in [-0.1, -0.05) is 19.1 Å². The molecule has 2 rings (SSSR count). The summed E-state index contributed by atoms with van der Waals surface area (Å²) in [5, 5.41) is 3.27. The second kappa shape index (κ2) is 5.61. The first-order chi connectivity index (χ1) is 9.03. The highest BCUT2D eigenvalue weighted by atomic mass is 16.5. The Balaban J connectivity index is 1.99. The summed E-state index contributed by atoms with van der Waals surface area (Å²) >= 11 is 0. The van der Waals surface area contributed by atoms with Crippen molar-refractivity contribution in [2.45, 2.75) is 44.7 Å². The number of nitrogens with two attached hydrogens (primary N) is 1. The number of carbonyl (C=O) groups excluding carboxylic acids is 1. The molecule has 1 unspecified atom stereocenters. The number of amides is 1. The summed E-state index contributed by atoms with van der Waals surface area (Å²) in [6, 6.07) is 8.33. The molecule has 0 bridgehead atoms. The van der Waals surface area contributed by atoms with Gasteiger partial charge in [-0.05, 0) is 43.9 Å². The molecule has 104 valence electrons. The maximum absolute atomic E-state index is 11.6. The van der Waals surface area contributed by atoms with E-state index in [9.17, 15) is 4.79 Å². The van der Waals surface area contributed by atoms with Crippen LogP contribution in [-0.2, 0) is 11.2 Å². The van der Waals surface area contributed by atoms with E-state index < -0.39 is 5.54 Å². The minimum absolute atomic E-state index is 0.256. The lowest BCUT2D eigenvalue weighted by Gasteiger charge is -2.27. The smallest absolute Gasteiger partial charge is 0.240 e. The van der Waals surface area contributed by atoms with E-state index in [0.717, 1.165) is 25.0 Å². The van der Waals surface area contributed by atoms with Crippen LogP contribution in [0.4, 0.5) is 0 Å². The van der Waals surface area contributed by atoms with Crippen molar-refractivity contribution in [1.82, 2.24) is 5.32 Å². The van der Waals surface area contributed by atoms with E-state index in [1.165, 1.54) is 5.56 Å². The summed E-state index contributed by atoms with van der Waals surface area (Å²) in [5.74, 6) is 0.412. The molecule has 1 fully saturated rings. The average molecular weight is 262 g/mol. The standard InChI is InChI=1S/C15H22N2O2/c1-3-11-5-4-6-13(9-11)19-10-15(2,14(16)18)17-12-7-8-12/h4-6,9,12,17H,3,7-8,10H2,1-2H3,(H2,16,18). The van der Waals surface area contributed by atoms with Gasteiger partial charge >= 0.3 is 0 Å². The van der Waals surface area contributed by atoms with E-state index in [1.54, 1.807) is 6.92 Å². The van der Waals surface area contributed by atoms with Gasteiger partial charge in [0, 0.05) is 6.04 Å². The number of primary amides is 1. The Labute approximate surface area is 114 Å². The molecular weight excluding hydrogens is 240 g/mol. The van der Waals surface area contributed by atoms with E-state index in [0.29, 0.717) is 6.04 Å². The fraction of sp³-hybridized carbons (Fsp3) is 0.533. The molecule has 0 aliphatic heterocycles. The molecule has 19 heavy (non-hydrogen) atoms. The third-order valence-electron chi connectivity index (χ3n) is 3.48. The van der Waals surface area contributed by atoms with Crippen LogP contribution in [0, 0.1) is 0 Å². The molecule has 3 N–H and O–H groups in total. The van der Waals surface area contributed by atoms with E-state index in [-0.39, 0.29) is 12.5 Å². The van der Waals surface area contributed by atoms with Crippen molar-refractivity contribution >= 4 is 5.91 Å². The molecule has 4 heteroatoms. The zero-order valence-electron chi connectivity index (χ0n) is 11.6. The molecule has 0 radical (unpaired) electrons. The number of nitrogens with one attached hydrogen (secondary N) is 1. The fourth-order valence-corrected chi connectivity index (χ4v) is 1.94. The molecule has 0 saturated heterocycles. The lowest BCUT2D eigenvalue weighted by Crippen LogP contribution is -2.57. The molecule has 0 heterocycles. The molecule has 0 aromatic heterocycles. The number of benzene rings is 1. The first-order valence-electron chi connectivity index (χ1n) is 6.83. The molecule has 4 nitrogen and oxygen atoms in total. The van der Waals surface area contributed by atoms with Gasteiger partial charge < -0.3 is 10.5 Å². The molecular formula is C15H22N2O2. The second-order valence-electron chi connectivity index (χ2n) is 5.40. The average Bonchev–Trinajstić information content (AvgIpc) is 3.20. The highest BCUT2D eigenvalue weighted by Gasteiger charge is 2.37. The zero-order valence-corrected chi connectivity index (χ0v) is 11.6. The molecule has 1 aromatic rings. The fourth-order valence-electron chi connectivity index (χ4n) is 1.94. The summed E-state index contributed by atoms with van der Waals surface area (Å²) in [6.07, 6.45) is 3.17. The van der Waals surface area contributed by atoms with Crippen LogP contribution >= 0.6 is 0 Å². The molecule has 1 aliphatic rings. The van der Waals surface area contributed by atoms with Crippen molar-refractivity contribution in [2.75, 3.05) is 6.61 Å². The first kappa shape index (κ1) is 13.9. The minimum Gasteiger partial charge on any atom is -0.491 e. The normalized spacial score (nSPS) is 17.8. The van der Waals surface area contributed by atoms with E-state index >= 15 is 0 Å². The third-order valence-corrected chi connectivity index (χ3v) is 3.48. The molecule has 1 saturated carbocycles. The van der Waals surface area contributed by atoms with Gasteiger partial charge in [-0.3, -0.25) is 10.1 Å².